The second kappa shape index (κ2) is 9.41. The second-order valence-electron chi connectivity index (χ2n) is 7.86. The lowest BCUT2D eigenvalue weighted by Gasteiger charge is -2.35. The molecule has 1 N–H and O–H groups in total. The summed E-state index contributed by atoms with van der Waals surface area (Å²) in [6, 6.07) is 8.11. The zero-order valence-corrected chi connectivity index (χ0v) is 17.3. The first-order valence-corrected chi connectivity index (χ1v) is 10.5. The number of likely N-dealkylation sites (tertiary alicyclic amines) is 2. The van der Waals surface area contributed by atoms with Crippen LogP contribution in [0.1, 0.15) is 50.6 Å². The first-order valence-electron chi connectivity index (χ1n) is 10.5. The van der Waals surface area contributed by atoms with E-state index >= 15 is 0 Å². The van der Waals surface area contributed by atoms with Gasteiger partial charge < -0.3 is 19.9 Å². The Morgan fingerprint density at radius 2 is 1.89 bits per heavy atom. The summed E-state index contributed by atoms with van der Waals surface area (Å²) in [5, 5.41) is 3.30. The molecule has 0 bridgehead atoms. The minimum Gasteiger partial charge on any atom is -0.497 e. The van der Waals surface area contributed by atoms with Crippen LogP contribution in [-0.4, -0.2) is 61.4 Å². The summed E-state index contributed by atoms with van der Waals surface area (Å²) < 4.78 is 5.27. The number of nitrogens with one attached hydrogen (secondary N) is 1. The first-order chi connectivity index (χ1) is 13.6. The Morgan fingerprint density at radius 1 is 1.21 bits per heavy atom. The zero-order valence-electron chi connectivity index (χ0n) is 17.3. The molecule has 2 aliphatic rings. The molecule has 0 radical (unpaired) electrons. The topological polar surface area (TPSA) is 61.9 Å². The van der Waals surface area contributed by atoms with Gasteiger partial charge in [-0.1, -0.05) is 25.5 Å². The molecule has 1 aromatic rings. The maximum atomic E-state index is 13.4. The minimum absolute atomic E-state index is 0.0951. The van der Waals surface area contributed by atoms with Crippen molar-refractivity contribution in [3.05, 3.63) is 29.8 Å². The Balaban J connectivity index is 1.82. The van der Waals surface area contributed by atoms with Gasteiger partial charge in [-0.25, -0.2) is 0 Å². The van der Waals surface area contributed by atoms with Crippen LogP contribution in [0.5, 0.6) is 5.75 Å². The van der Waals surface area contributed by atoms with E-state index in [9.17, 15) is 9.59 Å². The van der Waals surface area contributed by atoms with Crippen molar-refractivity contribution in [2.45, 2.75) is 51.1 Å². The lowest BCUT2D eigenvalue weighted by Crippen LogP contribution is -2.46. The number of hydrogen-bond donors (Lipinski definition) is 1. The third-order valence-corrected chi connectivity index (χ3v) is 6.17. The van der Waals surface area contributed by atoms with Gasteiger partial charge in [0.2, 0.25) is 11.8 Å². The van der Waals surface area contributed by atoms with E-state index in [4.69, 9.17) is 4.74 Å². The molecule has 0 saturated carbocycles. The molecular weight excluding hydrogens is 354 g/mol. The highest BCUT2D eigenvalue weighted by Gasteiger charge is 2.45. The first kappa shape index (κ1) is 20.6. The highest BCUT2D eigenvalue weighted by Crippen LogP contribution is 2.40. The van der Waals surface area contributed by atoms with Gasteiger partial charge in [0.05, 0.1) is 19.1 Å². The number of methoxy groups -OCH3 is 1. The second-order valence-corrected chi connectivity index (χ2v) is 7.86. The fourth-order valence-corrected chi connectivity index (χ4v) is 4.44. The quantitative estimate of drug-likeness (QED) is 0.781. The average Bonchev–Trinajstić information content (AvgIpc) is 3.07. The highest BCUT2D eigenvalue weighted by molar-refractivity contribution is 5.90. The number of piperidine rings is 1. The molecule has 154 valence electrons. The van der Waals surface area contributed by atoms with Crippen LogP contribution < -0.4 is 10.1 Å². The van der Waals surface area contributed by atoms with Crippen LogP contribution in [0.15, 0.2) is 24.3 Å². The van der Waals surface area contributed by atoms with Gasteiger partial charge in [0, 0.05) is 32.1 Å². The molecule has 6 nitrogen and oxygen atoms in total. The zero-order chi connectivity index (χ0) is 20.1. The molecule has 3 rings (SSSR count). The van der Waals surface area contributed by atoms with Crippen molar-refractivity contribution >= 4 is 11.8 Å². The van der Waals surface area contributed by atoms with Gasteiger partial charge in [0.1, 0.15) is 5.75 Å². The Morgan fingerprint density at radius 3 is 2.46 bits per heavy atom. The Hall–Kier alpha value is -2.08. The summed E-state index contributed by atoms with van der Waals surface area (Å²) in [6.45, 7) is 4.35. The molecule has 2 aliphatic heterocycles. The molecule has 2 saturated heterocycles. The molecule has 28 heavy (non-hydrogen) atoms. The summed E-state index contributed by atoms with van der Waals surface area (Å²) in [6.07, 6.45) is 4.22. The van der Waals surface area contributed by atoms with Crippen molar-refractivity contribution < 1.29 is 14.3 Å². The monoisotopic (exact) mass is 387 g/mol. The predicted molar refractivity (Wildman–Crippen MR) is 109 cm³/mol. The summed E-state index contributed by atoms with van der Waals surface area (Å²) in [5.41, 5.74) is 1.02. The molecule has 0 aromatic heterocycles. The maximum absolute atomic E-state index is 13.4. The van der Waals surface area contributed by atoms with Crippen LogP contribution in [0.3, 0.4) is 0 Å². The van der Waals surface area contributed by atoms with Crippen molar-refractivity contribution in [3.63, 3.8) is 0 Å². The molecule has 2 atom stereocenters. The molecule has 2 fully saturated rings. The predicted octanol–water partition coefficient (Wildman–Crippen LogP) is 2.60. The van der Waals surface area contributed by atoms with E-state index in [0.29, 0.717) is 19.0 Å². The third kappa shape index (κ3) is 4.32. The van der Waals surface area contributed by atoms with Gasteiger partial charge in [-0.15, -0.1) is 0 Å². The van der Waals surface area contributed by atoms with Gasteiger partial charge in [0.15, 0.2) is 0 Å². The summed E-state index contributed by atoms with van der Waals surface area (Å²) >= 11 is 0. The van der Waals surface area contributed by atoms with E-state index in [0.717, 1.165) is 50.1 Å². The van der Waals surface area contributed by atoms with Crippen LogP contribution in [0, 0.1) is 5.92 Å². The number of rotatable bonds is 7. The molecular formula is C22H33N3O3. The lowest BCUT2D eigenvalue weighted by atomic mass is 9.91. The van der Waals surface area contributed by atoms with E-state index in [1.54, 1.807) is 7.11 Å². The van der Waals surface area contributed by atoms with E-state index in [-0.39, 0.29) is 23.8 Å². The van der Waals surface area contributed by atoms with Gasteiger partial charge in [0.25, 0.3) is 0 Å². The van der Waals surface area contributed by atoms with Crippen LogP contribution in [0.4, 0.5) is 0 Å². The minimum atomic E-state index is -0.302. The van der Waals surface area contributed by atoms with Crippen molar-refractivity contribution in [1.82, 2.24) is 15.1 Å². The fourth-order valence-electron chi connectivity index (χ4n) is 4.44. The summed E-state index contributed by atoms with van der Waals surface area (Å²) in [7, 11) is 3.62. The van der Waals surface area contributed by atoms with Gasteiger partial charge in [-0.2, -0.15) is 0 Å². The van der Waals surface area contributed by atoms with Crippen LogP contribution in [-0.2, 0) is 9.59 Å². The van der Waals surface area contributed by atoms with Crippen LogP contribution in [0.2, 0.25) is 0 Å². The number of nitrogens with zero attached hydrogens (tertiary/aromatic N) is 2. The molecule has 2 unspecified atom stereocenters. The molecule has 0 aliphatic carbocycles. The van der Waals surface area contributed by atoms with E-state index in [2.05, 4.69) is 12.2 Å². The number of carbonyl (C=O) groups is 2. The molecule has 0 spiro atoms. The van der Waals surface area contributed by atoms with Crippen LogP contribution >= 0.6 is 0 Å². The number of unbranched alkanes of at least 4 members (excludes halogenated alkanes) is 1. The van der Waals surface area contributed by atoms with E-state index in [1.807, 2.05) is 41.1 Å². The molecule has 6 heteroatoms. The molecule has 2 heterocycles. The SMILES string of the molecule is CCCCN1C(=O)CC(C(=O)N2CCC(NC)CC2)C1c1ccc(OC)cc1. The number of hydrogen-bond acceptors (Lipinski definition) is 4. The lowest BCUT2D eigenvalue weighted by molar-refractivity contribution is -0.137. The largest absolute Gasteiger partial charge is 0.497 e. The average molecular weight is 388 g/mol. The number of amides is 2. The summed E-state index contributed by atoms with van der Waals surface area (Å²) in [5.74, 6) is 0.703. The van der Waals surface area contributed by atoms with Crippen molar-refractivity contribution in [2.24, 2.45) is 5.92 Å². The summed E-state index contributed by atoms with van der Waals surface area (Å²) in [4.78, 5) is 30.1. The van der Waals surface area contributed by atoms with Crippen molar-refractivity contribution in [3.8, 4) is 5.75 Å². The van der Waals surface area contributed by atoms with Gasteiger partial charge in [-0.05, 0) is 44.0 Å². The van der Waals surface area contributed by atoms with Gasteiger partial charge in [-0.3, -0.25) is 9.59 Å². The number of ether oxygens (including phenoxy) is 1. The third-order valence-electron chi connectivity index (χ3n) is 6.17. The Bertz CT molecular complexity index is 668. The van der Waals surface area contributed by atoms with Gasteiger partial charge >= 0.3 is 0 Å². The van der Waals surface area contributed by atoms with Crippen LogP contribution in [0.25, 0.3) is 0 Å². The Labute approximate surface area is 168 Å². The standard InChI is InChI=1S/C22H33N3O3/c1-4-5-12-25-20(26)15-19(21(25)16-6-8-18(28-3)9-7-16)22(27)24-13-10-17(23-2)11-14-24/h6-9,17,19,21,23H,4-5,10-15H2,1-3H3. The molecule has 2 amide bonds. The number of benzene rings is 1. The highest BCUT2D eigenvalue weighted by atomic mass is 16.5. The number of carbonyl (C=O) groups excluding carboxylic acids is 2. The van der Waals surface area contributed by atoms with Crippen molar-refractivity contribution in [2.75, 3.05) is 33.8 Å². The fraction of sp³-hybridized carbons (Fsp3) is 0.636. The smallest absolute Gasteiger partial charge is 0.228 e. The van der Waals surface area contributed by atoms with Crippen molar-refractivity contribution in [1.29, 1.82) is 0 Å². The van der Waals surface area contributed by atoms with E-state index in [1.165, 1.54) is 0 Å². The molecule has 1 aromatic carbocycles. The normalized spacial score (nSPS) is 23.3. The Kier molecular flexibility index (Phi) is 6.94. The van der Waals surface area contributed by atoms with E-state index < -0.39 is 0 Å². The maximum Gasteiger partial charge on any atom is 0.228 e.